The lowest BCUT2D eigenvalue weighted by molar-refractivity contribution is -0.137. The van der Waals surface area contributed by atoms with E-state index >= 15 is 0 Å². The first-order valence-corrected chi connectivity index (χ1v) is 5.30. The number of nitrogens with one attached hydrogen (secondary N) is 1. The van der Waals surface area contributed by atoms with Gasteiger partial charge in [-0.1, -0.05) is 6.07 Å². The highest BCUT2D eigenvalue weighted by atomic mass is 19.4. The van der Waals surface area contributed by atoms with Gasteiger partial charge >= 0.3 is 6.18 Å². The minimum atomic E-state index is -4.30. The lowest BCUT2D eigenvalue weighted by Gasteiger charge is -2.07. The number of halogens is 3. The number of H-pyrrole nitrogens is 1. The SMILES string of the molecule is C[C@@H](N)Cc1c[nH]c2cc(C(F)(F)F)ccc12. The molecule has 0 saturated heterocycles. The van der Waals surface area contributed by atoms with Gasteiger partial charge in [0.2, 0.25) is 0 Å². The summed E-state index contributed by atoms with van der Waals surface area (Å²) < 4.78 is 37.5. The van der Waals surface area contributed by atoms with Gasteiger partial charge in [-0.2, -0.15) is 13.2 Å². The van der Waals surface area contributed by atoms with Crippen LogP contribution >= 0.6 is 0 Å². The molecule has 1 aromatic heterocycles. The van der Waals surface area contributed by atoms with Crippen molar-refractivity contribution in [2.45, 2.75) is 25.6 Å². The van der Waals surface area contributed by atoms with E-state index in [0.29, 0.717) is 11.9 Å². The molecular weight excluding hydrogens is 229 g/mol. The van der Waals surface area contributed by atoms with Crippen molar-refractivity contribution in [1.82, 2.24) is 4.98 Å². The second kappa shape index (κ2) is 4.07. The fourth-order valence-electron chi connectivity index (χ4n) is 1.88. The predicted molar refractivity (Wildman–Crippen MR) is 60.7 cm³/mol. The first kappa shape index (κ1) is 12.0. The number of alkyl halides is 3. The number of hydrogen-bond donors (Lipinski definition) is 2. The third-order valence-electron chi connectivity index (χ3n) is 2.64. The fourth-order valence-corrected chi connectivity index (χ4v) is 1.88. The molecule has 2 nitrogen and oxygen atoms in total. The molecule has 0 aliphatic heterocycles. The van der Waals surface area contributed by atoms with Gasteiger partial charge in [-0.05, 0) is 31.0 Å². The zero-order valence-corrected chi connectivity index (χ0v) is 9.31. The summed E-state index contributed by atoms with van der Waals surface area (Å²) in [5.74, 6) is 0. The van der Waals surface area contributed by atoms with Crippen molar-refractivity contribution >= 4 is 10.9 Å². The summed E-state index contributed by atoms with van der Waals surface area (Å²) in [5, 5.41) is 0.801. The third kappa shape index (κ3) is 2.44. The molecule has 2 aromatic rings. The number of fused-ring (bicyclic) bond motifs is 1. The van der Waals surface area contributed by atoms with Crippen LogP contribution in [-0.4, -0.2) is 11.0 Å². The van der Waals surface area contributed by atoms with Gasteiger partial charge < -0.3 is 10.7 Å². The zero-order chi connectivity index (χ0) is 12.6. The molecule has 0 saturated carbocycles. The number of rotatable bonds is 2. The minimum absolute atomic E-state index is 0.0173. The quantitative estimate of drug-likeness (QED) is 0.834. The number of aromatic nitrogens is 1. The first-order valence-electron chi connectivity index (χ1n) is 5.30. The van der Waals surface area contributed by atoms with Crippen molar-refractivity contribution in [2.75, 3.05) is 0 Å². The van der Waals surface area contributed by atoms with Crippen molar-refractivity contribution in [2.24, 2.45) is 5.73 Å². The molecule has 1 atom stereocenters. The van der Waals surface area contributed by atoms with E-state index in [-0.39, 0.29) is 6.04 Å². The Morgan fingerprint density at radius 2 is 2.06 bits per heavy atom. The van der Waals surface area contributed by atoms with Crippen LogP contribution in [0.3, 0.4) is 0 Å². The minimum Gasteiger partial charge on any atom is -0.361 e. The van der Waals surface area contributed by atoms with Gasteiger partial charge in [-0.15, -0.1) is 0 Å². The molecule has 92 valence electrons. The maximum absolute atomic E-state index is 12.5. The monoisotopic (exact) mass is 242 g/mol. The maximum Gasteiger partial charge on any atom is 0.416 e. The topological polar surface area (TPSA) is 41.8 Å². The van der Waals surface area contributed by atoms with E-state index in [0.717, 1.165) is 23.1 Å². The maximum atomic E-state index is 12.5. The molecule has 1 heterocycles. The fraction of sp³-hybridized carbons (Fsp3) is 0.333. The van der Waals surface area contributed by atoms with Crippen molar-refractivity contribution in [3.8, 4) is 0 Å². The van der Waals surface area contributed by atoms with Crippen LogP contribution in [0.5, 0.6) is 0 Å². The van der Waals surface area contributed by atoms with Crippen molar-refractivity contribution in [3.63, 3.8) is 0 Å². The van der Waals surface area contributed by atoms with Crippen molar-refractivity contribution in [1.29, 1.82) is 0 Å². The number of hydrogen-bond acceptors (Lipinski definition) is 1. The van der Waals surface area contributed by atoms with E-state index in [1.165, 1.54) is 6.07 Å². The second-order valence-corrected chi connectivity index (χ2v) is 4.25. The molecule has 5 heteroatoms. The molecule has 0 unspecified atom stereocenters. The van der Waals surface area contributed by atoms with E-state index < -0.39 is 11.7 Å². The summed E-state index contributed by atoms with van der Waals surface area (Å²) in [7, 11) is 0. The molecule has 0 amide bonds. The summed E-state index contributed by atoms with van der Waals surface area (Å²) in [5.41, 5.74) is 6.48. The molecule has 1 aromatic carbocycles. The zero-order valence-electron chi connectivity index (χ0n) is 9.31. The molecule has 2 rings (SSSR count). The molecule has 0 aliphatic rings. The third-order valence-corrected chi connectivity index (χ3v) is 2.64. The number of benzene rings is 1. The Hall–Kier alpha value is -1.49. The predicted octanol–water partition coefficient (Wildman–Crippen LogP) is 3.08. The Morgan fingerprint density at radius 3 is 2.65 bits per heavy atom. The summed E-state index contributed by atoms with van der Waals surface area (Å²) >= 11 is 0. The van der Waals surface area contributed by atoms with Crippen LogP contribution < -0.4 is 5.73 Å². The van der Waals surface area contributed by atoms with Gasteiger partial charge in [0.1, 0.15) is 0 Å². The second-order valence-electron chi connectivity index (χ2n) is 4.25. The largest absolute Gasteiger partial charge is 0.416 e. The Kier molecular flexibility index (Phi) is 2.87. The Balaban J connectivity index is 2.45. The summed E-state index contributed by atoms with van der Waals surface area (Å²) in [6, 6.07) is 3.70. The molecule has 3 N–H and O–H groups in total. The number of nitrogens with two attached hydrogens (primary N) is 1. The van der Waals surface area contributed by atoms with E-state index in [4.69, 9.17) is 5.73 Å². The molecule has 17 heavy (non-hydrogen) atoms. The summed E-state index contributed by atoms with van der Waals surface area (Å²) in [4.78, 5) is 2.85. The van der Waals surface area contributed by atoms with Gasteiger partial charge in [0, 0.05) is 23.1 Å². The van der Waals surface area contributed by atoms with E-state index in [9.17, 15) is 13.2 Å². The van der Waals surface area contributed by atoms with Crippen LogP contribution in [0.1, 0.15) is 18.1 Å². The normalized spacial score (nSPS) is 14.2. The van der Waals surface area contributed by atoms with Gasteiger partial charge in [0.05, 0.1) is 5.56 Å². The molecule has 0 aliphatic carbocycles. The Bertz CT molecular complexity index is 526. The van der Waals surface area contributed by atoms with E-state index in [2.05, 4.69) is 4.98 Å². The van der Waals surface area contributed by atoms with Crippen molar-refractivity contribution < 1.29 is 13.2 Å². The highest BCUT2D eigenvalue weighted by Crippen LogP contribution is 2.32. The lowest BCUT2D eigenvalue weighted by Crippen LogP contribution is -2.17. The van der Waals surface area contributed by atoms with E-state index in [1.807, 2.05) is 6.92 Å². The highest BCUT2D eigenvalue weighted by molar-refractivity contribution is 5.84. The van der Waals surface area contributed by atoms with Gasteiger partial charge in [-0.25, -0.2) is 0 Å². The summed E-state index contributed by atoms with van der Waals surface area (Å²) in [6.45, 7) is 1.86. The standard InChI is InChI=1S/C12H13F3N2/c1-7(16)4-8-6-17-11-5-9(12(13,14)15)2-3-10(8)11/h2-3,5-7,17H,4,16H2,1H3/t7-/m1/s1. The van der Waals surface area contributed by atoms with Crippen LogP contribution in [0, 0.1) is 0 Å². The average Bonchev–Trinajstić information content (AvgIpc) is 2.59. The average molecular weight is 242 g/mol. The van der Waals surface area contributed by atoms with Gasteiger partial charge in [0.15, 0.2) is 0 Å². The smallest absolute Gasteiger partial charge is 0.361 e. The first-order chi connectivity index (χ1) is 7.88. The Morgan fingerprint density at radius 1 is 1.35 bits per heavy atom. The highest BCUT2D eigenvalue weighted by Gasteiger charge is 2.30. The number of aromatic amines is 1. The molecule has 0 fully saturated rings. The molecular formula is C12H13F3N2. The summed E-state index contributed by atoms with van der Waals surface area (Å²) in [6.07, 6.45) is -1.94. The van der Waals surface area contributed by atoms with Crippen LogP contribution in [-0.2, 0) is 12.6 Å². The van der Waals surface area contributed by atoms with Gasteiger partial charge in [-0.3, -0.25) is 0 Å². The molecule has 0 bridgehead atoms. The molecule has 0 radical (unpaired) electrons. The van der Waals surface area contributed by atoms with Crippen LogP contribution in [0.25, 0.3) is 10.9 Å². The molecule has 0 spiro atoms. The van der Waals surface area contributed by atoms with E-state index in [1.54, 1.807) is 6.20 Å². The van der Waals surface area contributed by atoms with Crippen LogP contribution in [0.2, 0.25) is 0 Å². The van der Waals surface area contributed by atoms with Crippen LogP contribution in [0.15, 0.2) is 24.4 Å². The Labute approximate surface area is 96.6 Å². The van der Waals surface area contributed by atoms with Crippen LogP contribution in [0.4, 0.5) is 13.2 Å². The lowest BCUT2D eigenvalue weighted by atomic mass is 10.1. The van der Waals surface area contributed by atoms with Gasteiger partial charge in [0.25, 0.3) is 0 Å². The van der Waals surface area contributed by atoms with Crippen molar-refractivity contribution in [3.05, 3.63) is 35.5 Å².